The number of aliphatic hydroxyl groups is 1. The lowest BCUT2D eigenvalue weighted by Gasteiger charge is -2.35. The SMILES string of the molecule is CCCOc1cc(-c2scnc2C)ccc1CNC(=O)C1CC(O)CN1C(=O)C(NC(C)=O)C(C)(C)C. The normalized spacial score (nSPS) is 18.4. The summed E-state index contributed by atoms with van der Waals surface area (Å²) in [7, 11) is 0. The molecule has 1 saturated heterocycles. The van der Waals surface area contributed by atoms with Crippen LogP contribution in [0.4, 0.5) is 0 Å². The van der Waals surface area contributed by atoms with Crippen molar-refractivity contribution in [3.63, 3.8) is 0 Å². The molecule has 202 valence electrons. The number of carbonyl (C=O) groups excluding carboxylic acids is 3. The van der Waals surface area contributed by atoms with Gasteiger partial charge in [-0.2, -0.15) is 0 Å². The van der Waals surface area contributed by atoms with Crippen molar-refractivity contribution < 1.29 is 24.2 Å². The van der Waals surface area contributed by atoms with Crippen LogP contribution < -0.4 is 15.4 Å². The van der Waals surface area contributed by atoms with Crippen LogP contribution in [0.15, 0.2) is 23.7 Å². The summed E-state index contributed by atoms with van der Waals surface area (Å²) in [6, 6.07) is 4.23. The Balaban J connectivity index is 1.77. The van der Waals surface area contributed by atoms with Crippen LogP contribution in [0.5, 0.6) is 5.75 Å². The van der Waals surface area contributed by atoms with Gasteiger partial charge in [-0.05, 0) is 30.4 Å². The molecule has 3 rings (SSSR count). The molecule has 3 atom stereocenters. The van der Waals surface area contributed by atoms with Crippen molar-refractivity contribution in [2.24, 2.45) is 5.41 Å². The van der Waals surface area contributed by atoms with Crippen molar-refractivity contribution in [3.8, 4) is 16.2 Å². The number of ether oxygens (including phenoxy) is 1. The van der Waals surface area contributed by atoms with Crippen molar-refractivity contribution in [2.75, 3.05) is 13.2 Å². The fraction of sp³-hybridized carbons (Fsp3) is 0.556. The van der Waals surface area contributed by atoms with Crippen LogP contribution in [0.2, 0.25) is 0 Å². The predicted octanol–water partition coefficient (Wildman–Crippen LogP) is 3.04. The summed E-state index contributed by atoms with van der Waals surface area (Å²) in [5.41, 5.74) is 4.01. The number of nitrogens with zero attached hydrogens (tertiary/aromatic N) is 2. The smallest absolute Gasteiger partial charge is 0.246 e. The van der Waals surface area contributed by atoms with Crippen molar-refractivity contribution in [2.45, 2.75) is 79.1 Å². The minimum atomic E-state index is -0.833. The molecule has 1 aromatic carbocycles. The van der Waals surface area contributed by atoms with Gasteiger partial charge >= 0.3 is 0 Å². The van der Waals surface area contributed by atoms with E-state index in [-0.39, 0.29) is 37.2 Å². The number of aromatic nitrogens is 1. The second-order valence-corrected chi connectivity index (χ2v) is 11.4. The fourth-order valence-electron chi connectivity index (χ4n) is 4.39. The Labute approximate surface area is 222 Å². The van der Waals surface area contributed by atoms with E-state index in [2.05, 4.69) is 15.6 Å². The molecule has 3 N–H and O–H groups in total. The van der Waals surface area contributed by atoms with Crippen molar-refractivity contribution in [1.29, 1.82) is 0 Å². The van der Waals surface area contributed by atoms with Crippen LogP contribution in [-0.4, -0.2) is 64.1 Å². The Morgan fingerprint density at radius 2 is 2.03 bits per heavy atom. The number of hydrogen-bond acceptors (Lipinski definition) is 7. The second kappa shape index (κ2) is 12.0. The molecule has 0 aliphatic carbocycles. The fourth-order valence-corrected chi connectivity index (χ4v) is 5.19. The lowest BCUT2D eigenvalue weighted by molar-refractivity contribution is -0.143. The highest BCUT2D eigenvalue weighted by atomic mass is 32.1. The van der Waals surface area contributed by atoms with Gasteiger partial charge in [-0.25, -0.2) is 4.98 Å². The first kappa shape index (κ1) is 28.6. The molecular formula is C27H38N4O5S. The van der Waals surface area contributed by atoms with Crippen molar-refractivity contribution in [3.05, 3.63) is 35.0 Å². The third kappa shape index (κ3) is 7.07. The number of aryl methyl sites for hydroxylation is 1. The van der Waals surface area contributed by atoms with Crippen LogP contribution in [-0.2, 0) is 20.9 Å². The Morgan fingerprint density at radius 3 is 2.62 bits per heavy atom. The van der Waals surface area contributed by atoms with Crippen LogP contribution >= 0.6 is 11.3 Å². The van der Waals surface area contributed by atoms with Gasteiger partial charge in [-0.3, -0.25) is 14.4 Å². The van der Waals surface area contributed by atoms with Crippen molar-refractivity contribution in [1.82, 2.24) is 20.5 Å². The zero-order valence-corrected chi connectivity index (χ0v) is 23.3. The number of rotatable bonds is 9. The average Bonchev–Trinajstić information content (AvgIpc) is 3.44. The zero-order chi connectivity index (χ0) is 27.3. The van der Waals surface area contributed by atoms with E-state index in [1.54, 1.807) is 11.3 Å². The molecule has 37 heavy (non-hydrogen) atoms. The topological polar surface area (TPSA) is 121 Å². The van der Waals surface area contributed by atoms with Gasteiger partial charge in [0.25, 0.3) is 0 Å². The molecule has 2 heterocycles. The lowest BCUT2D eigenvalue weighted by atomic mass is 9.85. The molecule has 9 nitrogen and oxygen atoms in total. The monoisotopic (exact) mass is 530 g/mol. The minimum Gasteiger partial charge on any atom is -0.493 e. The summed E-state index contributed by atoms with van der Waals surface area (Å²) < 4.78 is 5.99. The summed E-state index contributed by atoms with van der Waals surface area (Å²) >= 11 is 1.56. The summed E-state index contributed by atoms with van der Waals surface area (Å²) in [6.07, 6.45) is 0.163. The van der Waals surface area contributed by atoms with Crippen molar-refractivity contribution >= 4 is 29.1 Å². The number of nitrogens with one attached hydrogen (secondary N) is 2. The first-order valence-electron chi connectivity index (χ1n) is 12.6. The molecule has 10 heteroatoms. The molecular weight excluding hydrogens is 492 g/mol. The largest absolute Gasteiger partial charge is 0.493 e. The molecule has 3 unspecified atom stereocenters. The molecule has 3 amide bonds. The van der Waals surface area contributed by atoms with Crippen LogP contribution in [0.3, 0.4) is 0 Å². The Morgan fingerprint density at radius 1 is 1.30 bits per heavy atom. The van der Waals surface area contributed by atoms with Gasteiger partial charge in [-0.1, -0.05) is 39.8 Å². The molecule has 0 bridgehead atoms. The third-order valence-electron chi connectivity index (χ3n) is 6.31. The van der Waals surface area contributed by atoms with E-state index < -0.39 is 23.6 Å². The predicted molar refractivity (Wildman–Crippen MR) is 143 cm³/mol. The highest BCUT2D eigenvalue weighted by Crippen LogP contribution is 2.32. The lowest BCUT2D eigenvalue weighted by Crippen LogP contribution is -2.57. The first-order chi connectivity index (χ1) is 17.4. The molecule has 2 aromatic rings. The highest BCUT2D eigenvalue weighted by molar-refractivity contribution is 7.13. The van der Waals surface area contributed by atoms with E-state index in [1.807, 2.05) is 58.3 Å². The number of thiazole rings is 1. The number of amides is 3. The van der Waals surface area contributed by atoms with Crippen LogP contribution in [0.1, 0.15) is 58.7 Å². The maximum absolute atomic E-state index is 13.4. The Kier molecular flexibility index (Phi) is 9.31. The van der Waals surface area contributed by atoms with Gasteiger partial charge in [0, 0.05) is 32.0 Å². The van der Waals surface area contributed by atoms with E-state index in [0.717, 1.165) is 28.1 Å². The molecule has 0 spiro atoms. The van der Waals surface area contributed by atoms with Gasteiger partial charge < -0.3 is 25.4 Å². The number of benzene rings is 1. The van der Waals surface area contributed by atoms with Gasteiger partial charge in [-0.15, -0.1) is 11.3 Å². The van der Waals surface area contributed by atoms with Gasteiger partial charge in [0.05, 0.1) is 28.8 Å². The number of β-amino-alcohol motifs (C(OH)–C–C–N with tert-alkyl or cyclic N) is 1. The zero-order valence-electron chi connectivity index (χ0n) is 22.5. The quantitative estimate of drug-likeness (QED) is 0.458. The summed E-state index contributed by atoms with van der Waals surface area (Å²) in [5.74, 6) is -0.379. The number of likely N-dealkylation sites (tertiary alicyclic amines) is 1. The molecule has 1 aliphatic heterocycles. The Hall–Kier alpha value is -2.98. The summed E-state index contributed by atoms with van der Waals surface area (Å²) in [4.78, 5) is 45.2. The number of hydrogen-bond donors (Lipinski definition) is 3. The molecule has 1 aromatic heterocycles. The highest BCUT2D eigenvalue weighted by Gasteiger charge is 2.44. The van der Waals surface area contributed by atoms with Crippen LogP contribution in [0.25, 0.3) is 10.4 Å². The maximum Gasteiger partial charge on any atom is 0.246 e. The summed E-state index contributed by atoms with van der Waals surface area (Å²) in [6.45, 7) is 11.7. The van der Waals surface area contributed by atoms with Gasteiger partial charge in [0.15, 0.2) is 0 Å². The van der Waals surface area contributed by atoms with Crippen LogP contribution in [0, 0.1) is 12.3 Å². The second-order valence-electron chi connectivity index (χ2n) is 10.6. The molecule has 0 saturated carbocycles. The summed E-state index contributed by atoms with van der Waals surface area (Å²) in [5, 5.41) is 16.0. The maximum atomic E-state index is 13.4. The minimum absolute atomic E-state index is 0.0385. The van der Waals surface area contributed by atoms with E-state index >= 15 is 0 Å². The van der Waals surface area contributed by atoms with Gasteiger partial charge in [0.1, 0.15) is 17.8 Å². The number of carbonyl (C=O) groups is 3. The Bertz CT molecular complexity index is 1130. The third-order valence-corrected chi connectivity index (χ3v) is 7.29. The molecule has 1 aliphatic rings. The van der Waals surface area contributed by atoms with Gasteiger partial charge in [0.2, 0.25) is 17.7 Å². The van der Waals surface area contributed by atoms with E-state index in [9.17, 15) is 19.5 Å². The molecule has 0 radical (unpaired) electrons. The van der Waals surface area contributed by atoms with E-state index in [1.165, 1.54) is 11.8 Å². The van der Waals surface area contributed by atoms with E-state index in [0.29, 0.717) is 12.4 Å². The standard InChI is InChI=1S/C27H38N4O5S/c1-7-10-36-22-11-18(23-16(2)29-15-37-23)8-9-19(22)13-28-25(34)21-12-20(33)14-31(21)26(35)24(27(4,5)6)30-17(3)32/h8-9,11,15,20-21,24,33H,7,10,12-14H2,1-6H3,(H,28,34)(H,30,32). The van der Waals surface area contributed by atoms with E-state index in [4.69, 9.17) is 4.74 Å². The number of aliphatic hydroxyl groups excluding tert-OH is 1. The molecule has 1 fully saturated rings. The average molecular weight is 531 g/mol. The first-order valence-corrected chi connectivity index (χ1v) is 13.5.